The third kappa shape index (κ3) is 2.00. The Morgan fingerprint density at radius 3 is 3.00 bits per heavy atom. The predicted octanol–water partition coefficient (Wildman–Crippen LogP) is 1.32. The molecule has 9 heavy (non-hydrogen) atoms. The van der Waals surface area contributed by atoms with Crippen molar-refractivity contribution >= 4 is 11.8 Å². The SMILES string of the molecule is ClNCc1ccccn1. The van der Waals surface area contributed by atoms with Crippen LogP contribution >= 0.6 is 11.8 Å². The molecule has 0 aromatic carbocycles. The van der Waals surface area contributed by atoms with Crippen LogP contribution in [0.15, 0.2) is 24.4 Å². The van der Waals surface area contributed by atoms with Gasteiger partial charge in [0.15, 0.2) is 0 Å². The second kappa shape index (κ2) is 3.43. The molecule has 0 saturated heterocycles. The van der Waals surface area contributed by atoms with E-state index in [0.717, 1.165) is 5.69 Å². The third-order valence-electron chi connectivity index (χ3n) is 0.974. The highest BCUT2D eigenvalue weighted by atomic mass is 35.5. The first-order valence-electron chi connectivity index (χ1n) is 2.67. The number of halogens is 1. The van der Waals surface area contributed by atoms with Crippen LogP contribution in [0.3, 0.4) is 0 Å². The van der Waals surface area contributed by atoms with E-state index in [-0.39, 0.29) is 0 Å². The highest BCUT2D eigenvalue weighted by Gasteiger charge is 1.86. The molecule has 48 valence electrons. The minimum absolute atomic E-state index is 0.613. The van der Waals surface area contributed by atoms with Gasteiger partial charge in [0.2, 0.25) is 0 Å². The number of nitrogens with zero attached hydrogens (tertiary/aromatic N) is 1. The van der Waals surface area contributed by atoms with Gasteiger partial charge < -0.3 is 0 Å². The van der Waals surface area contributed by atoms with Gasteiger partial charge in [0, 0.05) is 6.20 Å². The maximum atomic E-state index is 5.25. The van der Waals surface area contributed by atoms with Crippen molar-refractivity contribution in [1.82, 2.24) is 9.82 Å². The highest BCUT2D eigenvalue weighted by Crippen LogP contribution is 1.91. The largest absolute Gasteiger partial charge is 0.260 e. The normalized spacial score (nSPS) is 9.44. The molecule has 0 spiro atoms. The van der Waals surface area contributed by atoms with Gasteiger partial charge in [-0.3, -0.25) is 4.98 Å². The number of nitrogens with one attached hydrogen (secondary N) is 1. The fourth-order valence-electron chi connectivity index (χ4n) is 0.571. The summed E-state index contributed by atoms with van der Waals surface area (Å²) in [6.07, 6.45) is 1.74. The second-order valence-electron chi connectivity index (χ2n) is 1.63. The van der Waals surface area contributed by atoms with E-state index in [9.17, 15) is 0 Å². The predicted molar refractivity (Wildman–Crippen MR) is 36.9 cm³/mol. The van der Waals surface area contributed by atoms with Gasteiger partial charge in [0.1, 0.15) is 0 Å². The molecule has 0 aliphatic carbocycles. The fourth-order valence-corrected chi connectivity index (χ4v) is 0.708. The van der Waals surface area contributed by atoms with Gasteiger partial charge in [0.05, 0.1) is 12.2 Å². The Hall–Kier alpha value is -0.600. The van der Waals surface area contributed by atoms with Crippen molar-refractivity contribution in [3.05, 3.63) is 30.1 Å². The molecule has 0 atom stereocenters. The lowest BCUT2D eigenvalue weighted by Gasteiger charge is -1.93. The van der Waals surface area contributed by atoms with E-state index in [1.807, 2.05) is 18.2 Å². The van der Waals surface area contributed by atoms with E-state index in [1.165, 1.54) is 0 Å². The van der Waals surface area contributed by atoms with Crippen molar-refractivity contribution < 1.29 is 0 Å². The van der Waals surface area contributed by atoms with Crippen LogP contribution in [0.1, 0.15) is 5.69 Å². The molecule has 2 nitrogen and oxygen atoms in total. The Morgan fingerprint density at radius 1 is 1.56 bits per heavy atom. The van der Waals surface area contributed by atoms with Gasteiger partial charge in [-0.05, 0) is 23.9 Å². The van der Waals surface area contributed by atoms with Crippen LogP contribution in [-0.2, 0) is 6.54 Å². The van der Waals surface area contributed by atoms with Crippen molar-refractivity contribution in [1.29, 1.82) is 0 Å². The number of hydrogen-bond donors (Lipinski definition) is 1. The van der Waals surface area contributed by atoms with E-state index in [4.69, 9.17) is 11.8 Å². The van der Waals surface area contributed by atoms with Crippen LogP contribution in [0, 0.1) is 0 Å². The molecule has 3 heteroatoms. The lowest BCUT2D eigenvalue weighted by molar-refractivity contribution is 0.911. The second-order valence-corrected chi connectivity index (χ2v) is 1.90. The van der Waals surface area contributed by atoms with Crippen molar-refractivity contribution in [2.24, 2.45) is 0 Å². The van der Waals surface area contributed by atoms with Gasteiger partial charge in [-0.15, -0.1) is 0 Å². The van der Waals surface area contributed by atoms with Crippen LogP contribution in [0.5, 0.6) is 0 Å². The molecule has 0 aliphatic rings. The summed E-state index contributed by atoms with van der Waals surface area (Å²) in [5.74, 6) is 0. The number of rotatable bonds is 2. The van der Waals surface area contributed by atoms with E-state index >= 15 is 0 Å². The standard InChI is InChI=1S/C6H7ClN2/c7-9-5-6-3-1-2-4-8-6/h1-4,9H,5H2. The van der Waals surface area contributed by atoms with Crippen molar-refractivity contribution in [2.45, 2.75) is 6.54 Å². The van der Waals surface area contributed by atoms with Crippen molar-refractivity contribution in [3.63, 3.8) is 0 Å². The summed E-state index contributed by atoms with van der Waals surface area (Å²) in [5, 5.41) is 0. The van der Waals surface area contributed by atoms with Crippen LogP contribution in [0.25, 0.3) is 0 Å². The summed E-state index contributed by atoms with van der Waals surface area (Å²) < 4.78 is 0. The number of pyridine rings is 1. The number of hydrogen-bond acceptors (Lipinski definition) is 2. The average molecular weight is 143 g/mol. The Kier molecular flexibility index (Phi) is 2.48. The molecular weight excluding hydrogens is 136 g/mol. The first kappa shape index (κ1) is 6.52. The lowest BCUT2D eigenvalue weighted by atomic mass is 10.4. The zero-order valence-corrected chi connectivity index (χ0v) is 5.60. The summed E-state index contributed by atoms with van der Waals surface area (Å²) in [4.78, 5) is 6.52. The van der Waals surface area contributed by atoms with Gasteiger partial charge in [-0.1, -0.05) is 6.07 Å². The summed E-state index contributed by atoms with van der Waals surface area (Å²) in [6.45, 7) is 0.613. The van der Waals surface area contributed by atoms with Gasteiger partial charge in [0.25, 0.3) is 0 Å². The van der Waals surface area contributed by atoms with Gasteiger partial charge in [-0.2, -0.15) is 0 Å². The summed E-state index contributed by atoms with van der Waals surface area (Å²) in [6, 6.07) is 5.71. The zero-order chi connectivity index (χ0) is 6.53. The van der Waals surface area contributed by atoms with Crippen molar-refractivity contribution in [2.75, 3.05) is 0 Å². The molecule has 0 fully saturated rings. The topological polar surface area (TPSA) is 24.9 Å². The Labute approximate surface area is 59.0 Å². The molecule has 1 aromatic rings. The van der Waals surface area contributed by atoms with Gasteiger partial charge >= 0.3 is 0 Å². The van der Waals surface area contributed by atoms with Gasteiger partial charge in [-0.25, -0.2) is 4.84 Å². The van der Waals surface area contributed by atoms with Crippen molar-refractivity contribution in [3.8, 4) is 0 Å². The Morgan fingerprint density at radius 2 is 2.44 bits per heavy atom. The maximum Gasteiger partial charge on any atom is 0.0554 e. The van der Waals surface area contributed by atoms with E-state index < -0.39 is 0 Å². The van der Waals surface area contributed by atoms with Crippen LogP contribution in [-0.4, -0.2) is 4.98 Å². The summed E-state index contributed by atoms with van der Waals surface area (Å²) in [5.41, 5.74) is 0.951. The molecular formula is C6H7ClN2. The maximum absolute atomic E-state index is 5.25. The minimum atomic E-state index is 0.613. The third-order valence-corrected chi connectivity index (χ3v) is 1.11. The molecule has 0 amide bonds. The van der Waals surface area contributed by atoms with Crippen LogP contribution in [0.4, 0.5) is 0 Å². The molecule has 0 unspecified atom stereocenters. The van der Waals surface area contributed by atoms with E-state index in [2.05, 4.69) is 9.82 Å². The molecule has 0 radical (unpaired) electrons. The monoisotopic (exact) mass is 142 g/mol. The fraction of sp³-hybridized carbons (Fsp3) is 0.167. The molecule has 1 heterocycles. The average Bonchev–Trinajstić information content (AvgIpc) is 1.91. The highest BCUT2D eigenvalue weighted by molar-refractivity contribution is 6.13. The minimum Gasteiger partial charge on any atom is -0.260 e. The molecule has 1 rings (SSSR count). The first-order chi connectivity index (χ1) is 4.43. The van der Waals surface area contributed by atoms with Crippen LogP contribution in [0.2, 0.25) is 0 Å². The molecule has 0 aliphatic heterocycles. The summed E-state index contributed by atoms with van der Waals surface area (Å²) in [7, 11) is 0. The smallest absolute Gasteiger partial charge is 0.0554 e. The Bertz CT molecular complexity index is 164. The lowest BCUT2D eigenvalue weighted by Crippen LogP contribution is -1.99. The first-order valence-corrected chi connectivity index (χ1v) is 3.04. The Balaban J connectivity index is 2.61. The van der Waals surface area contributed by atoms with E-state index in [0.29, 0.717) is 6.54 Å². The molecule has 0 saturated carbocycles. The van der Waals surface area contributed by atoms with E-state index in [1.54, 1.807) is 6.20 Å². The van der Waals surface area contributed by atoms with Crippen LogP contribution < -0.4 is 4.84 Å². The summed E-state index contributed by atoms with van der Waals surface area (Å²) >= 11 is 5.25. The number of aromatic nitrogens is 1. The molecule has 1 aromatic heterocycles. The molecule has 1 N–H and O–H groups in total. The quantitative estimate of drug-likeness (QED) is 0.631. The molecule has 0 bridgehead atoms. The zero-order valence-electron chi connectivity index (χ0n) is 4.84.